The lowest BCUT2D eigenvalue weighted by molar-refractivity contribution is 0.0361. The van der Waals surface area contributed by atoms with Crippen LogP contribution in [0.25, 0.3) is 22.2 Å². The average Bonchev–Trinajstić information content (AvgIpc) is 3.43. The fourth-order valence-electron chi connectivity index (χ4n) is 5.37. The van der Waals surface area contributed by atoms with Crippen molar-refractivity contribution in [3.05, 3.63) is 142 Å². The Morgan fingerprint density at radius 3 is 2.47 bits per heavy atom. The molecule has 0 radical (unpaired) electrons. The van der Waals surface area contributed by atoms with E-state index in [0.717, 1.165) is 28.1 Å². The van der Waals surface area contributed by atoms with Crippen molar-refractivity contribution in [2.75, 3.05) is 5.75 Å². The Morgan fingerprint density at radius 2 is 1.68 bits per heavy atom. The van der Waals surface area contributed by atoms with Gasteiger partial charge in [-0.25, -0.2) is 27.2 Å². The lowest BCUT2D eigenvalue weighted by atomic mass is 10.1. The molecule has 0 aliphatic rings. The number of hydrogen-bond acceptors (Lipinski definition) is 7. The van der Waals surface area contributed by atoms with Gasteiger partial charge < -0.3 is 9.30 Å². The Balaban J connectivity index is 1.25. The normalized spacial score (nSPS) is 12.4. The van der Waals surface area contributed by atoms with Gasteiger partial charge in [-0.05, 0) is 54.8 Å². The van der Waals surface area contributed by atoms with Gasteiger partial charge in [0.25, 0.3) is 5.56 Å². The standard InChI is InChI=1S/C35H31F2N5O4S/c1-23-16-31(28-18-30(37)34(43)42(21-28)20-24-12-13-32-27(17-24)19-38-41(32)2)40-35(39-23)47(44,45)15-14-33(25-8-4-3-5-9-25)46-22-26-10-6-7-11-29(26)36/h3-13,16-19,21,33H,14-15,20,22H2,1-2H3. The predicted octanol–water partition coefficient (Wildman–Crippen LogP) is 5.95. The van der Waals surface area contributed by atoms with E-state index >= 15 is 0 Å². The maximum absolute atomic E-state index is 15.0. The van der Waals surface area contributed by atoms with E-state index in [1.165, 1.54) is 22.9 Å². The lowest BCUT2D eigenvalue weighted by Gasteiger charge is -2.19. The van der Waals surface area contributed by atoms with Crippen LogP contribution in [-0.4, -0.2) is 38.5 Å². The van der Waals surface area contributed by atoms with Gasteiger partial charge in [-0.3, -0.25) is 9.48 Å². The number of sulfone groups is 1. The molecule has 0 saturated carbocycles. The molecule has 3 heterocycles. The predicted molar refractivity (Wildman–Crippen MR) is 173 cm³/mol. The Labute approximate surface area is 270 Å². The van der Waals surface area contributed by atoms with Crippen LogP contribution in [0.3, 0.4) is 0 Å². The molecule has 1 atom stereocenters. The molecule has 0 aliphatic carbocycles. The van der Waals surface area contributed by atoms with Gasteiger partial charge in [0.2, 0.25) is 15.0 Å². The topological polar surface area (TPSA) is 109 Å². The van der Waals surface area contributed by atoms with Gasteiger partial charge in [-0.2, -0.15) is 5.10 Å². The largest absolute Gasteiger partial charge is 0.369 e. The highest BCUT2D eigenvalue weighted by atomic mass is 32.2. The number of fused-ring (bicyclic) bond motifs is 1. The van der Waals surface area contributed by atoms with E-state index in [9.17, 15) is 22.0 Å². The first-order chi connectivity index (χ1) is 22.6. The first-order valence-corrected chi connectivity index (χ1v) is 16.5. The molecular weight excluding hydrogens is 624 g/mol. The third-order valence-electron chi connectivity index (χ3n) is 7.83. The first-order valence-electron chi connectivity index (χ1n) is 14.9. The number of aryl methyl sites for hydroxylation is 2. The molecule has 240 valence electrons. The second-order valence-electron chi connectivity index (χ2n) is 11.3. The van der Waals surface area contributed by atoms with E-state index in [0.29, 0.717) is 11.3 Å². The Hall–Kier alpha value is -5.07. The summed E-state index contributed by atoms with van der Waals surface area (Å²) in [5.41, 5.74) is 2.68. The summed E-state index contributed by atoms with van der Waals surface area (Å²) in [6.07, 6.45) is 2.56. The van der Waals surface area contributed by atoms with Gasteiger partial charge in [0.1, 0.15) is 5.82 Å². The zero-order valence-corrected chi connectivity index (χ0v) is 26.5. The Morgan fingerprint density at radius 1 is 0.915 bits per heavy atom. The molecule has 3 aromatic heterocycles. The number of rotatable bonds is 11. The van der Waals surface area contributed by atoms with Gasteiger partial charge in [-0.1, -0.05) is 54.6 Å². The highest BCUT2D eigenvalue weighted by molar-refractivity contribution is 7.91. The molecule has 6 rings (SSSR count). The summed E-state index contributed by atoms with van der Waals surface area (Å²) >= 11 is 0. The van der Waals surface area contributed by atoms with Crippen LogP contribution in [-0.2, 0) is 34.8 Å². The van der Waals surface area contributed by atoms with Gasteiger partial charge in [-0.15, -0.1) is 0 Å². The lowest BCUT2D eigenvalue weighted by Crippen LogP contribution is -2.23. The summed E-state index contributed by atoms with van der Waals surface area (Å²) in [6.45, 7) is 1.65. The fraction of sp³-hybridized carbons (Fsp3) is 0.200. The molecule has 3 aromatic carbocycles. The monoisotopic (exact) mass is 655 g/mol. The van der Waals surface area contributed by atoms with E-state index < -0.39 is 38.3 Å². The van der Waals surface area contributed by atoms with Crippen LogP contribution < -0.4 is 5.56 Å². The van der Waals surface area contributed by atoms with E-state index in [4.69, 9.17) is 4.74 Å². The molecule has 9 nitrogen and oxygen atoms in total. The van der Waals surface area contributed by atoms with Crippen molar-refractivity contribution in [3.63, 3.8) is 0 Å². The van der Waals surface area contributed by atoms with Crippen molar-refractivity contribution < 1.29 is 21.9 Å². The van der Waals surface area contributed by atoms with Crippen LogP contribution >= 0.6 is 0 Å². The molecule has 1 unspecified atom stereocenters. The number of aromatic nitrogens is 5. The highest BCUT2D eigenvalue weighted by Crippen LogP contribution is 2.26. The number of benzene rings is 3. The molecule has 0 bridgehead atoms. The van der Waals surface area contributed by atoms with Crippen LogP contribution in [0.5, 0.6) is 0 Å². The first kappa shape index (κ1) is 31.9. The van der Waals surface area contributed by atoms with E-state index in [1.807, 2.05) is 55.6 Å². The zero-order valence-electron chi connectivity index (χ0n) is 25.7. The molecule has 0 N–H and O–H groups in total. The second-order valence-corrected chi connectivity index (χ2v) is 13.3. The number of halogens is 2. The molecule has 0 saturated heterocycles. The summed E-state index contributed by atoms with van der Waals surface area (Å²) in [5, 5.41) is 4.69. The van der Waals surface area contributed by atoms with Crippen LogP contribution in [0, 0.1) is 18.6 Å². The molecule has 0 fully saturated rings. The molecule has 6 aromatic rings. The Kier molecular flexibility index (Phi) is 9.06. The van der Waals surface area contributed by atoms with Crippen LogP contribution in [0.1, 0.15) is 34.9 Å². The van der Waals surface area contributed by atoms with Crippen molar-refractivity contribution in [2.45, 2.75) is 37.8 Å². The third kappa shape index (κ3) is 7.18. The number of ether oxygens (including phenoxy) is 1. The molecule has 0 aliphatic heterocycles. The van der Waals surface area contributed by atoms with Gasteiger partial charge in [0, 0.05) is 35.5 Å². The maximum Gasteiger partial charge on any atom is 0.286 e. The van der Waals surface area contributed by atoms with Gasteiger partial charge >= 0.3 is 0 Å². The van der Waals surface area contributed by atoms with Crippen molar-refractivity contribution in [3.8, 4) is 11.3 Å². The van der Waals surface area contributed by atoms with Crippen LogP contribution in [0.4, 0.5) is 8.78 Å². The minimum atomic E-state index is -4.05. The quantitative estimate of drug-likeness (QED) is 0.159. The number of hydrogen-bond donors (Lipinski definition) is 0. The number of pyridine rings is 1. The van der Waals surface area contributed by atoms with Crippen LogP contribution in [0.15, 0.2) is 107 Å². The summed E-state index contributed by atoms with van der Waals surface area (Å²) in [5.74, 6) is -1.77. The van der Waals surface area contributed by atoms with Crippen molar-refractivity contribution >= 4 is 20.7 Å². The van der Waals surface area contributed by atoms with Crippen molar-refractivity contribution in [1.29, 1.82) is 0 Å². The van der Waals surface area contributed by atoms with Crippen LogP contribution in [0.2, 0.25) is 0 Å². The summed E-state index contributed by atoms with van der Waals surface area (Å²) in [6, 6.07) is 23.5. The minimum Gasteiger partial charge on any atom is -0.369 e. The number of nitrogens with zero attached hydrogens (tertiary/aromatic N) is 5. The van der Waals surface area contributed by atoms with Gasteiger partial charge in [0.15, 0.2) is 5.82 Å². The van der Waals surface area contributed by atoms with E-state index in [1.54, 1.807) is 36.0 Å². The SMILES string of the molecule is Cc1cc(-c2cc(F)c(=O)n(Cc3ccc4c(cnn4C)c3)c2)nc(S(=O)(=O)CCC(OCc2ccccc2F)c2ccccc2)n1. The molecule has 0 amide bonds. The second kappa shape index (κ2) is 13.3. The van der Waals surface area contributed by atoms with Gasteiger partial charge in [0.05, 0.1) is 42.4 Å². The summed E-state index contributed by atoms with van der Waals surface area (Å²) in [7, 11) is -2.22. The highest BCUT2D eigenvalue weighted by Gasteiger charge is 2.24. The van der Waals surface area contributed by atoms with E-state index in [-0.39, 0.29) is 36.6 Å². The summed E-state index contributed by atoms with van der Waals surface area (Å²) < 4.78 is 65.4. The minimum absolute atomic E-state index is 0.0469. The van der Waals surface area contributed by atoms with Crippen molar-refractivity contribution in [2.24, 2.45) is 7.05 Å². The average molecular weight is 656 g/mol. The summed E-state index contributed by atoms with van der Waals surface area (Å²) in [4.78, 5) is 21.3. The maximum atomic E-state index is 15.0. The zero-order chi connectivity index (χ0) is 33.1. The molecular formula is C35H31F2N5O4S. The molecule has 12 heteroatoms. The molecule has 0 spiro atoms. The van der Waals surface area contributed by atoms with E-state index in [2.05, 4.69) is 15.1 Å². The Bertz CT molecular complexity index is 2240. The fourth-order valence-corrected chi connectivity index (χ4v) is 6.59. The third-order valence-corrected chi connectivity index (χ3v) is 9.34. The van der Waals surface area contributed by atoms with Crippen molar-refractivity contribution in [1.82, 2.24) is 24.3 Å². The smallest absolute Gasteiger partial charge is 0.286 e. The molecule has 47 heavy (non-hydrogen) atoms.